The number of non-ortho nitro benzene ring substituents is 1. The van der Waals surface area contributed by atoms with Gasteiger partial charge in [0.15, 0.2) is 0 Å². The minimum absolute atomic E-state index is 0.00794. The SMILES string of the molecule is O=[N+]([O-])c1ccc(Nc2cc3c(S(=O)(=O)N4CCNCC4)cccc3cn2)cc1. The Hall–Kier alpha value is -3.08. The Kier molecular flexibility index (Phi) is 5.14. The lowest BCUT2D eigenvalue weighted by atomic mass is 10.2. The standard InChI is InChI=1S/C19H19N5O4S/c25-24(26)16-6-4-15(5-7-16)22-19-12-17-14(13-21-19)2-1-3-18(17)29(27,28)23-10-8-20-9-11-23/h1-7,12-13,20H,8-11H2,(H,21,22). The predicted octanol–water partition coefficient (Wildman–Crippen LogP) is 2.48. The van der Waals surface area contributed by atoms with Crippen LogP contribution in [0.2, 0.25) is 0 Å². The lowest BCUT2D eigenvalue weighted by molar-refractivity contribution is -0.384. The first-order valence-electron chi connectivity index (χ1n) is 9.06. The maximum absolute atomic E-state index is 13.2. The molecule has 0 amide bonds. The van der Waals surface area contributed by atoms with Crippen LogP contribution in [0.4, 0.5) is 17.2 Å². The minimum atomic E-state index is -3.63. The minimum Gasteiger partial charge on any atom is -0.340 e. The Morgan fingerprint density at radius 1 is 1.10 bits per heavy atom. The normalized spacial score (nSPS) is 15.3. The summed E-state index contributed by atoms with van der Waals surface area (Å²) in [5.74, 6) is 0.453. The van der Waals surface area contributed by atoms with Crippen molar-refractivity contribution in [2.75, 3.05) is 31.5 Å². The fraction of sp³-hybridized carbons (Fsp3) is 0.211. The van der Waals surface area contributed by atoms with E-state index in [1.165, 1.54) is 16.4 Å². The van der Waals surface area contributed by atoms with Gasteiger partial charge in [-0.05, 0) is 24.3 Å². The number of hydrogen-bond acceptors (Lipinski definition) is 7. The van der Waals surface area contributed by atoms with Gasteiger partial charge in [0, 0.05) is 61.0 Å². The Morgan fingerprint density at radius 2 is 1.83 bits per heavy atom. The molecule has 1 aromatic heterocycles. The van der Waals surface area contributed by atoms with Gasteiger partial charge < -0.3 is 10.6 Å². The van der Waals surface area contributed by atoms with Gasteiger partial charge in [0.25, 0.3) is 5.69 Å². The molecule has 1 saturated heterocycles. The van der Waals surface area contributed by atoms with E-state index in [1.54, 1.807) is 36.5 Å². The first kappa shape index (κ1) is 19.2. The molecule has 1 aliphatic heterocycles. The number of benzene rings is 2. The second-order valence-corrected chi connectivity index (χ2v) is 8.54. The molecular formula is C19H19N5O4S. The first-order valence-corrected chi connectivity index (χ1v) is 10.5. The van der Waals surface area contributed by atoms with Crippen molar-refractivity contribution in [2.45, 2.75) is 4.90 Å². The molecule has 150 valence electrons. The van der Waals surface area contributed by atoms with E-state index in [1.807, 2.05) is 6.07 Å². The molecular weight excluding hydrogens is 394 g/mol. The van der Waals surface area contributed by atoms with Crippen molar-refractivity contribution in [2.24, 2.45) is 0 Å². The highest BCUT2D eigenvalue weighted by atomic mass is 32.2. The third kappa shape index (κ3) is 3.90. The van der Waals surface area contributed by atoms with Crippen LogP contribution in [0.25, 0.3) is 10.8 Å². The van der Waals surface area contributed by atoms with Gasteiger partial charge in [-0.3, -0.25) is 10.1 Å². The molecule has 2 N–H and O–H groups in total. The molecule has 0 saturated carbocycles. The lowest BCUT2D eigenvalue weighted by Crippen LogP contribution is -2.46. The van der Waals surface area contributed by atoms with Gasteiger partial charge in [-0.15, -0.1) is 0 Å². The van der Waals surface area contributed by atoms with Crippen LogP contribution in [0.3, 0.4) is 0 Å². The third-order valence-corrected chi connectivity index (χ3v) is 6.72. The van der Waals surface area contributed by atoms with Crippen LogP contribution >= 0.6 is 0 Å². The molecule has 0 atom stereocenters. The van der Waals surface area contributed by atoms with Crippen LogP contribution in [0.5, 0.6) is 0 Å². The molecule has 3 aromatic rings. The van der Waals surface area contributed by atoms with Crippen molar-refractivity contribution in [3.63, 3.8) is 0 Å². The van der Waals surface area contributed by atoms with Crippen molar-refractivity contribution < 1.29 is 13.3 Å². The van der Waals surface area contributed by atoms with Crippen LogP contribution in [-0.4, -0.2) is 48.8 Å². The molecule has 0 aliphatic carbocycles. The van der Waals surface area contributed by atoms with E-state index in [4.69, 9.17) is 0 Å². The summed E-state index contributed by atoms with van der Waals surface area (Å²) >= 11 is 0. The molecule has 0 unspecified atom stereocenters. The number of hydrogen-bond donors (Lipinski definition) is 2. The van der Waals surface area contributed by atoms with Gasteiger partial charge in [-0.1, -0.05) is 12.1 Å². The second-order valence-electron chi connectivity index (χ2n) is 6.63. The van der Waals surface area contributed by atoms with E-state index < -0.39 is 14.9 Å². The van der Waals surface area contributed by atoms with E-state index in [9.17, 15) is 18.5 Å². The summed E-state index contributed by atoms with van der Waals surface area (Å²) in [7, 11) is -3.63. The van der Waals surface area contributed by atoms with E-state index in [2.05, 4.69) is 15.6 Å². The van der Waals surface area contributed by atoms with E-state index in [0.717, 1.165) is 5.39 Å². The number of pyridine rings is 1. The van der Waals surface area contributed by atoms with E-state index in [0.29, 0.717) is 43.1 Å². The van der Waals surface area contributed by atoms with E-state index >= 15 is 0 Å². The van der Waals surface area contributed by atoms with Crippen LogP contribution < -0.4 is 10.6 Å². The Morgan fingerprint density at radius 3 is 2.52 bits per heavy atom. The number of piperazine rings is 1. The van der Waals surface area contributed by atoms with Crippen LogP contribution in [0.1, 0.15) is 0 Å². The highest BCUT2D eigenvalue weighted by molar-refractivity contribution is 7.89. The molecule has 4 rings (SSSR count). The summed E-state index contributed by atoms with van der Waals surface area (Å²) < 4.78 is 27.8. The summed E-state index contributed by atoms with van der Waals surface area (Å²) in [5, 5.41) is 18.3. The second kappa shape index (κ2) is 7.74. The van der Waals surface area contributed by atoms with Gasteiger partial charge in [0.1, 0.15) is 5.82 Å². The first-order chi connectivity index (χ1) is 13.9. The third-order valence-electron chi connectivity index (χ3n) is 4.77. The zero-order valence-corrected chi connectivity index (χ0v) is 16.2. The average molecular weight is 413 g/mol. The number of nitrogens with one attached hydrogen (secondary N) is 2. The van der Waals surface area contributed by atoms with Crippen LogP contribution in [0.15, 0.2) is 59.6 Å². The summed E-state index contributed by atoms with van der Waals surface area (Å²) in [6.45, 7) is 2.10. The topological polar surface area (TPSA) is 117 Å². The monoisotopic (exact) mass is 413 g/mol. The molecule has 0 bridgehead atoms. The summed E-state index contributed by atoms with van der Waals surface area (Å²) in [4.78, 5) is 14.9. The largest absolute Gasteiger partial charge is 0.340 e. The summed E-state index contributed by atoms with van der Waals surface area (Å²) in [6.07, 6.45) is 1.61. The highest BCUT2D eigenvalue weighted by Crippen LogP contribution is 2.28. The summed E-state index contributed by atoms with van der Waals surface area (Å²) in [6, 6.07) is 12.8. The van der Waals surface area contributed by atoms with Gasteiger partial charge >= 0.3 is 0 Å². The molecule has 2 heterocycles. The maximum atomic E-state index is 13.2. The molecule has 1 fully saturated rings. The van der Waals surface area contributed by atoms with Gasteiger partial charge in [-0.25, -0.2) is 13.4 Å². The van der Waals surface area contributed by atoms with Gasteiger partial charge in [-0.2, -0.15) is 4.31 Å². The molecule has 0 spiro atoms. The quantitative estimate of drug-likeness (QED) is 0.487. The molecule has 0 radical (unpaired) electrons. The fourth-order valence-electron chi connectivity index (χ4n) is 3.27. The number of aromatic nitrogens is 1. The Balaban J connectivity index is 1.69. The van der Waals surface area contributed by atoms with Crippen molar-refractivity contribution in [3.05, 3.63) is 64.8 Å². The fourth-order valence-corrected chi connectivity index (χ4v) is 4.92. The number of nitro groups is 1. The molecule has 9 nitrogen and oxygen atoms in total. The Bertz CT molecular complexity index is 1160. The maximum Gasteiger partial charge on any atom is 0.269 e. The van der Waals surface area contributed by atoms with Crippen molar-refractivity contribution in [1.82, 2.24) is 14.6 Å². The summed E-state index contributed by atoms with van der Waals surface area (Å²) in [5.41, 5.74) is 0.608. The molecule has 10 heteroatoms. The van der Waals surface area contributed by atoms with E-state index in [-0.39, 0.29) is 10.6 Å². The average Bonchev–Trinajstić information content (AvgIpc) is 2.74. The number of sulfonamides is 1. The number of anilines is 2. The van der Waals surface area contributed by atoms with Crippen LogP contribution in [0, 0.1) is 10.1 Å². The Labute approximate surface area is 167 Å². The van der Waals surface area contributed by atoms with Crippen molar-refractivity contribution >= 4 is 38.0 Å². The van der Waals surface area contributed by atoms with Crippen molar-refractivity contribution in [1.29, 1.82) is 0 Å². The number of rotatable bonds is 5. The lowest BCUT2D eigenvalue weighted by Gasteiger charge is -2.27. The zero-order chi connectivity index (χ0) is 20.4. The molecule has 1 aliphatic rings. The van der Waals surface area contributed by atoms with Crippen molar-refractivity contribution in [3.8, 4) is 0 Å². The molecule has 29 heavy (non-hydrogen) atoms. The smallest absolute Gasteiger partial charge is 0.269 e. The predicted molar refractivity (Wildman–Crippen MR) is 110 cm³/mol. The van der Waals surface area contributed by atoms with Crippen LogP contribution in [-0.2, 0) is 10.0 Å². The van der Waals surface area contributed by atoms with Gasteiger partial charge in [0.2, 0.25) is 10.0 Å². The zero-order valence-electron chi connectivity index (χ0n) is 15.4. The molecule has 2 aromatic carbocycles. The highest BCUT2D eigenvalue weighted by Gasteiger charge is 2.27. The number of fused-ring (bicyclic) bond motifs is 1. The number of nitro benzene ring substituents is 1. The number of nitrogens with zero attached hydrogens (tertiary/aromatic N) is 3. The van der Waals surface area contributed by atoms with Gasteiger partial charge in [0.05, 0.1) is 9.82 Å².